The van der Waals surface area contributed by atoms with Crippen LogP contribution >= 0.6 is 0 Å². The SMILES string of the molecule is C=O.C=O.C=O.C=O.C=O.C=O.C=O.C=O.C=O.C=O.C=O.CC.CC.CCC(C)C.CCC(C)C.CCC(C)C.CCC(C)C.CCC(C)C.CCC(C)C.CCC(C)C.CCO.CN.CN.CN.CN.CN.CN.CN.N.N.N.N.[HH].[HH]. The zero-order valence-corrected chi connectivity index (χ0v) is 62.3. The summed E-state index contributed by atoms with van der Waals surface area (Å²) in [6.07, 6.45) is 9.14. The minimum atomic E-state index is 0. The summed E-state index contributed by atoms with van der Waals surface area (Å²) in [5, 5.41) is 7.57. The lowest BCUT2D eigenvalue weighted by Gasteiger charge is -1.90. The van der Waals surface area contributed by atoms with Gasteiger partial charge in [0.05, 0.1) is 0 Å². The van der Waals surface area contributed by atoms with Crippen LogP contribution in [-0.2, 0) is 52.7 Å². The molecule has 0 amide bonds. The van der Waals surface area contributed by atoms with E-state index >= 15 is 0 Å². The average Bonchev–Trinajstić information content (AvgIpc) is 3.55. The summed E-state index contributed by atoms with van der Waals surface area (Å²) in [5.74, 6) is 6.19. The number of hydrogen-bond acceptors (Lipinski definition) is 23. The first kappa shape index (κ1) is 219. The van der Waals surface area contributed by atoms with Gasteiger partial charge >= 0.3 is 0 Å². The van der Waals surface area contributed by atoms with E-state index in [2.05, 4.69) is 186 Å². The van der Waals surface area contributed by atoms with E-state index in [4.69, 9.17) is 57.8 Å². The summed E-state index contributed by atoms with van der Waals surface area (Å²) >= 11 is 0. The quantitative estimate of drug-likeness (QED) is 0.113. The first-order valence-corrected chi connectivity index (χ1v) is 26.1. The summed E-state index contributed by atoms with van der Waals surface area (Å²) < 4.78 is 0. The Kier molecular flexibility index (Phi) is 1910. The van der Waals surface area contributed by atoms with Crippen LogP contribution in [-0.4, -0.2) is 136 Å². The fourth-order valence-corrected chi connectivity index (χ4v) is 0. The molecule has 0 aromatic heterocycles. The third-order valence-corrected chi connectivity index (χ3v) is 5.72. The molecule has 0 saturated heterocycles. The van der Waals surface area contributed by atoms with Gasteiger partial charge in [0.2, 0.25) is 0 Å². The van der Waals surface area contributed by atoms with E-state index in [0.717, 1.165) is 41.4 Å². The van der Waals surface area contributed by atoms with Crippen LogP contribution in [0.2, 0.25) is 0 Å². The van der Waals surface area contributed by atoms with E-state index in [1.807, 2.05) is 102 Å². The van der Waals surface area contributed by atoms with Gasteiger partial charge < -0.3 is 123 Å². The number of carbonyl (C=O) groups is 11. The smallest absolute Gasteiger partial charge is 0.106 e. The molecule has 0 rings (SSSR count). The van der Waals surface area contributed by atoms with Gasteiger partial charge in [-0.25, -0.2) is 0 Å². The van der Waals surface area contributed by atoms with Crippen LogP contribution in [0.1, 0.15) is 228 Å². The number of nitrogens with two attached hydrogens (primary N) is 7. The zero-order chi connectivity index (χ0) is 72.7. The highest BCUT2D eigenvalue weighted by Gasteiger charge is 1.82. The molecule has 0 aliphatic heterocycles. The maximum atomic E-state index is 8.00. The monoisotopic (exact) mass is 1230 g/mol. The van der Waals surface area contributed by atoms with Gasteiger partial charge in [0.1, 0.15) is 74.7 Å². The largest absolute Gasteiger partial charge is 0.397 e. The number of aliphatic hydroxyl groups excluding tert-OH is 1. The van der Waals surface area contributed by atoms with E-state index in [9.17, 15) is 0 Å². The second kappa shape index (κ2) is 715. The number of carbonyl (C=O) groups excluding carboxylic acids is 11. The molecular formula is C59H175N11O12. The molecule has 0 fully saturated rings. The first-order chi connectivity index (χ1) is 37.3. The highest BCUT2D eigenvalue weighted by molar-refractivity contribution is 5.12. The minimum Gasteiger partial charge on any atom is -0.397 e. The van der Waals surface area contributed by atoms with Crippen molar-refractivity contribution in [1.82, 2.24) is 24.6 Å². The highest BCUT2D eigenvalue weighted by Crippen LogP contribution is 1.96. The molecule has 538 valence electrons. The summed E-state index contributed by atoms with van der Waals surface area (Å²) in [4.78, 5) is 88.0. The third-order valence-electron chi connectivity index (χ3n) is 5.72. The fraction of sp³-hybridized carbons (Fsp3) is 0.814. The highest BCUT2D eigenvalue weighted by atomic mass is 16.2. The Balaban J connectivity index is -0.00000000973. The Morgan fingerprint density at radius 1 is 0.220 bits per heavy atom. The van der Waals surface area contributed by atoms with Crippen LogP contribution in [0.15, 0.2) is 0 Å². The summed E-state index contributed by atoms with van der Waals surface area (Å²) in [6.45, 7) is 78.4. The lowest BCUT2D eigenvalue weighted by molar-refractivity contribution is -0.0987. The number of rotatable bonds is 7. The molecule has 0 unspecified atom stereocenters. The van der Waals surface area contributed by atoms with Crippen molar-refractivity contribution in [3.8, 4) is 0 Å². The molecule has 0 aromatic rings. The van der Waals surface area contributed by atoms with E-state index in [-0.39, 0.29) is 34.1 Å². The molecule has 23 heteroatoms. The Labute approximate surface area is 521 Å². The van der Waals surface area contributed by atoms with Gasteiger partial charge in [0.25, 0.3) is 0 Å². The van der Waals surface area contributed by atoms with Crippen molar-refractivity contribution >= 4 is 74.7 Å². The Bertz CT molecular complexity index is 402. The molecule has 0 heterocycles. The van der Waals surface area contributed by atoms with Crippen molar-refractivity contribution in [2.75, 3.05) is 55.9 Å². The molecule has 23 nitrogen and oxygen atoms in total. The van der Waals surface area contributed by atoms with Crippen LogP contribution in [0.4, 0.5) is 0 Å². The molecule has 0 radical (unpaired) electrons. The predicted molar refractivity (Wildman–Crippen MR) is 385 cm³/mol. The van der Waals surface area contributed by atoms with Crippen molar-refractivity contribution in [2.24, 2.45) is 81.6 Å². The van der Waals surface area contributed by atoms with Crippen molar-refractivity contribution in [2.45, 2.75) is 225 Å². The summed E-state index contributed by atoms with van der Waals surface area (Å²) in [6, 6.07) is 0. The fourth-order valence-electron chi connectivity index (χ4n) is 0. The lowest BCUT2D eigenvalue weighted by Crippen LogP contribution is -1.77. The van der Waals surface area contributed by atoms with Crippen molar-refractivity contribution in [3.63, 3.8) is 0 Å². The second-order valence-corrected chi connectivity index (χ2v) is 12.9. The van der Waals surface area contributed by atoms with Gasteiger partial charge in [-0.3, -0.25) is 0 Å². The standard InChI is InChI=1S/7C5H12.C2H6O.2C2H6.7CH5N.11CH2O.4H3N.2H2/c7*1-4-5(2)3;1-2-3;20*1-2;;;;;;/h7*5H,4H2,1-3H3;3H,2H2,1H3;2*1-2H3;7*2H2,1H3;11*1H2;4*1H3;2*1H. The van der Waals surface area contributed by atoms with Crippen LogP contribution in [0.3, 0.4) is 0 Å². The molecule has 0 aliphatic carbocycles. The molecule has 0 bridgehead atoms. The van der Waals surface area contributed by atoms with E-state index < -0.39 is 0 Å². The second-order valence-electron chi connectivity index (χ2n) is 12.9. The number of aliphatic hydroxyl groups is 1. The molecular weight excluding hydrogens is 1050 g/mol. The molecule has 0 spiro atoms. The molecule has 0 atom stereocenters. The predicted octanol–water partition coefficient (Wildman–Crippen LogP) is 12.5. The summed E-state index contributed by atoms with van der Waals surface area (Å²) in [7, 11) is 10.5. The van der Waals surface area contributed by atoms with Crippen molar-refractivity contribution in [1.29, 1.82) is 0 Å². The average molecular weight is 1230 g/mol. The van der Waals surface area contributed by atoms with Gasteiger partial charge in [0.15, 0.2) is 0 Å². The molecule has 0 aromatic carbocycles. The topological polar surface area (TPSA) is 530 Å². The van der Waals surface area contributed by atoms with Gasteiger partial charge in [0, 0.05) is 9.46 Å². The summed E-state index contributed by atoms with van der Waals surface area (Å²) in [5.41, 5.74) is 31.5. The Morgan fingerprint density at radius 3 is 0.232 bits per heavy atom. The van der Waals surface area contributed by atoms with Gasteiger partial charge in [-0.1, -0.05) is 218 Å². The Hall–Kier alpha value is -4.11. The van der Waals surface area contributed by atoms with E-state index in [1.165, 1.54) is 94.3 Å². The van der Waals surface area contributed by atoms with Gasteiger partial charge in [-0.15, -0.1) is 0 Å². The number of hydrogen-bond donors (Lipinski definition) is 12. The van der Waals surface area contributed by atoms with Gasteiger partial charge in [-0.05, 0) is 97.7 Å². The van der Waals surface area contributed by atoms with Crippen LogP contribution in [0, 0.1) is 41.4 Å². The van der Waals surface area contributed by atoms with Gasteiger partial charge in [-0.2, -0.15) is 0 Å². The lowest BCUT2D eigenvalue weighted by atomic mass is 10.2. The van der Waals surface area contributed by atoms with Crippen LogP contribution in [0.25, 0.3) is 0 Å². The molecule has 0 saturated carbocycles. The van der Waals surface area contributed by atoms with E-state index in [0.29, 0.717) is 0 Å². The van der Waals surface area contributed by atoms with Crippen LogP contribution in [0.5, 0.6) is 0 Å². The van der Waals surface area contributed by atoms with Crippen molar-refractivity contribution < 1.29 is 60.7 Å². The molecule has 0 aliphatic rings. The van der Waals surface area contributed by atoms with Crippen LogP contribution < -0.4 is 64.7 Å². The van der Waals surface area contributed by atoms with E-state index in [1.54, 1.807) is 6.92 Å². The molecule has 27 N–H and O–H groups in total. The first-order valence-electron chi connectivity index (χ1n) is 26.1. The minimum absolute atomic E-state index is 0. The molecule has 82 heavy (non-hydrogen) atoms. The maximum absolute atomic E-state index is 8.00. The third kappa shape index (κ3) is 4350. The normalized spacial score (nSPS) is 5.51. The van der Waals surface area contributed by atoms with Crippen molar-refractivity contribution in [3.05, 3.63) is 0 Å². The Morgan fingerprint density at radius 2 is 0.232 bits per heavy atom. The zero-order valence-electron chi connectivity index (χ0n) is 62.3. The maximum Gasteiger partial charge on any atom is 0.106 e.